The number of hydrogen-bond acceptors (Lipinski definition) is 4. The Kier molecular flexibility index (Phi) is 5.80. The SMILES string of the molecule is C[C@@H](OC(=O)c1cc(Cl)cc(Cl)c1)C(=O)Nc1ccccc1C#N. The summed E-state index contributed by atoms with van der Waals surface area (Å²) < 4.78 is 5.10. The zero-order valence-electron chi connectivity index (χ0n) is 12.5. The van der Waals surface area contributed by atoms with Crippen molar-refractivity contribution in [3.05, 3.63) is 63.6 Å². The Balaban J connectivity index is 2.06. The van der Waals surface area contributed by atoms with Gasteiger partial charge in [-0.2, -0.15) is 5.26 Å². The van der Waals surface area contributed by atoms with Crippen LogP contribution in [-0.2, 0) is 9.53 Å². The molecule has 2 rings (SSSR count). The lowest BCUT2D eigenvalue weighted by atomic mass is 10.2. The van der Waals surface area contributed by atoms with E-state index in [1.807, 2.05) is 6.07 Å². The minimum atomic E-state index is -1.07. The fourth-order valence-electron chi connectivity index (χ4n) is 1.88. The summed E-state index contributed by atoms with van der Waals surface area (Å²) in [4.78, 5) is 24.2. The lowest BCUT2D eigenvalue weighted by molar-refractivity contribution is -0.123. The van der Waals surface area contributed by atoms with Gasteiger partial charge in [0.2, 0.25) is 0 Å². The Bertz CT molecular complexity index is 811. The first-order valence-corrected chi connectivity index (χ1v) is 7.63. The average Bonchev–Trinajstić information content (AvgIpc) is 2.54. The molecule has 7 heteroatoms. The van der Waals surface area contributed by atoms with Crippen molar-refractivity contribution in [1.29, 1.82) is 5.26 Å². The molecule has 0 fully saturated rings. The summed E-state index contributed by atoms with van der Waals surface area (Å²) in [7, 11) is 0. The van der Waals surface area contributed by atoms with Gasteiger partial charge >= 0.3 is 5.97 Å². The van der Waals surface area contributed by atoms with Gasteiger partial charge in [0.1, 0.15) is 6.07 Å². The summed E-state index contributed by atoms with van der Waals surface area (Å²) in [6.07, 6.45) is -1.07. The third kappa shape index (κ3) is 4.48. The highest BCUT2D eigenvalue weighted by Crippen LogP contribution is 2.20. The highest BCUT2D eigenvalue weighted by Gasteiger charge is 2.20. The van der Waals surface area contributed by atoms with Gasteiger partial charge in [0.25, 0.3) is 5.91 Å². The van der Waals surface area contributed by atoms with E-state index in [1.165, 1.54) is 25.1 Å². The van der Waals surface area contributed by atoms with Gasteiger partial charge in [-0.15, -0.1) is 0 Å². The van der Waals surface area contributed by atoms with E-state index in [-0.39, 0.29) is 15.6 Å². The van der Waals surface area contributed by atoms with Crippen LogP contribution < -0.4 is 5.32 Å². The molecule has 1 atom stereocenters. The van der Waals surface area contributed by atoms with Crippen molar-refractivity contribution in [2.45, 2.75) is 13.0 Å². The number of esters is 1. The lowest BCUT2D eigenvalue weighted by Crippen LogP contribution is -2.30. The highest BCUT2D eigenvalue weighted by molar-refractivity contribution is 6.35. The molecule has 0 bridgehead atoms. The number of anilines is 1. The summed E-state index contributed by atoms with van der Waals surface area (Å²) in [5, 5.41) is 12.1. The zero-order chi connectivity index (χ0) is 17.7. The topological polar surface area (TPSA) is 79.2 Å². The Labute approximate surface area is 148 Å². The zero-order valence-corrected chi connectivity index (χ0v) is 14.1. The maximum Gasteiger partial charge on any atom is 0.339 e. The van der Waals surface area contributed by atoms with Gasteiger partial charge in [-0.1, -0.05) is 35.3 Å². The molecule has 0 radical (unpaired) electrons. The van der Waals surface area contributed by atoms with E-state index in [1.54, 1.807) is 24.3 Å². The molecule has 1 N–H and O–H groups in total. The van der Waals surface area contributed by atoms with Gasteiger partial charge < -0.3 is 10.1 Å². The minimum absolute atomic E-state index is 0.143. The molecule has 24 heavy (non-hydrogen) atoms. The van der Waals surface area contributed by atoms with Crippen LogP contribution in [-0.4, -0.2) is 18.0 Å². The molecule has 2 aromatic rings. The Hall–Kier alpha value is -2.55. The predicted molar refractivity (Wildman–Crippen MR) is 91.1 cm³/mol. The van der Waals surface area contributed by atoms with Crippen LogP contribution >= 0.6 is 23.2 Å². The molecular formula is C17H12Cl2N2O3. The van der Waals surface area contributed by atoms with E-state index in [2.05, 4.69) is 5.32 Å². The van der Waals surface area contributed by atoms with Gasteiger partial charge in [0, 0.05) is 10.0 Å². The number of para-hydroxylation sites is 1. The number of ether oxygens (including phenoxy) is 1. The first kappa shape index (κ1) is 17.8. The van der Waals surface area contributed by atoms with Crippen molar-refractivity contribution in [3.8, 4) is 6.07 Å². The maximum absolute atomic E-state index is 12.1. The van der Waals surface area contributed by atoms with Crippen molar-refractivity contribution in [2.24, 2.45) is 0 Å². The molecule has 2 aromatic carbocycles. The van der Waals surface area contributed by atoms with E-state index >= 15 is 0 Å². The number of hydrogen-bond donors (Lipinski definition) is 1. The van der Waals surface area contributed by atoms with Crippen LogP contribution in [0.3, 0.4) is 0 Å². The molecule has 0 aliphatic rings. The molecule has 0 spiro atoms. The largest absolute Gasteiger partial charge is 0.449 e. The highest BCUT2D eigenvalue weighted by atomic mass is 35.5. The Morgan fingerprint density at radius 2 is 1.79 bits per heavy atom. The van der Waals surface area contributed by atoms with Gasteiger partial charge in [-0.05, 0) is 37.3 Å². The molecule has 1 amide bonds. The maximum atomic E-state index is 12.1. The van der Waals surface area contributed by atoms with Crippen LogP contribution in [0.1, 0.15) is 22.8 Å². The standard InChI is InChI=1S/C17H12Cl2N2O3/c1-10(16(22)21-15-5-3-2-4-11(15)9-20)24-17(23)12-6-13(18)8-14(19)7-12/h2-8,10H,1H3,(H,21,22)/t10-/m1/s1. The molecule has 0 aliphatic carbocycles. The van der Waals surface area contributed by atoms with Crippen LogP contribution in [0.25, 0.3) is 0 Å². The van der Waals surface area contributed by atoms with Crippen molar-refractivity contribution >= 4 is 40.8 Å². The summed E-state index contributed by atoms with van der Waals surface area (Å²) in [6.45, 7) is 1.42. The van der Waals surface area contributed by atoms with E-state index in [0.29, 0.717) is 11.3 Å². The predicted octanol–water partition coefficient (Wildman–Crippen LogP) is 4.05. The summed E-state index contributed by atoms with van der Waals surface area (Å²) in [6, 6.07) is 12.8. The number of nitriles is 1. The normalized spacial score (nSPS) is 11.2. The molecule has 0 saturated carbocycles. The van der Waals surface area contributed by atoms with Crippen LogP contribution in [0.4, 0.5) is 5.69 Å². The fourth-order valence-corrected chi connectivity index (χ4v) is 2.40. The first-order chi connectivity index (χ1) is 11.4. The van der Waals surface area contributed by atoms with Crippen LogP contribution in [0.5, 0.6) is 0 Å². The number of benzene rings is 2. The molecule has 0 heterocycles. The molecule has 0 unspecified atom stereocenters. The van der Waals surface area contributed by atoms with Crippen molar-refractivity contribution < 1.29 is 14.3 Å². The summed E-state index contributed by atoms with van der Waals surface area (Å²) >= 11 is 11.7. The van der Waals surface area contributed by atoms with Crippen molar-refractivity contribution in [3.63, 3.8) is 0 Å². The van der Waals surface area contributed by atoms with E-state index in [4.69, 9.17) is 33.2 Å². The van der Waals surface area contributed by atoms with Gasteiger partial charge in [0.05, 0.1) is 16.8 Å². The second-order valence-corrected chi connectivity index (χ2v) is 5.73. The number of nitrogens with zero attached hydrogens (tertiary/aromatic N) is 1. The molecule has 122 valence electrons. The molecule has 0 aromatic heterocycles. The Morgan fingerprint density at radius 1 is 1.17 bits per heavy atom. The van der Waals surface area contributed by atoms with Crippen LogP contribution in [0.15, 0.2) is 42.5 Å². The quantitative estimate of drug-likeness (QED) is 0.832. The van der Waals surface area contributed by atoms with Crippen LogP contribution in [0, 0.1) is 11.3 Å². The van der Waals surface area contributed by atoms with Gasteiger partial charge in [0.15, 0.2) is 6.10 Å². The van der Waals surface area contributed by atoms with Gasteiger partial charge in [-0.25, -0.2) is 4.79 Å². The minimum Gasteiger partial charge on any atom is -0.449 e. The number of carbonyl (C=O) groups is 2. The molecular weight excluding hydrogens is 351 g/mol. The average molecular weight is 363 g/mol. The van der Waals surface area contributed by atoms with Crippen molar-refractivity contribution in [2.75, 3.05) is 5.32 Å². The fraction of sp³-hybridized carbons (Fsp3) is 0.118. The first-order valence-electron chi connectivity index (χ1n) is 6.88. The molecule has 5 nitrogen and oxygen atoms in total. The number of rotatable bonds is 4. The smallest absolute Gasteiger partial charge is 0.339 e. The number of nitrogens with one attached hydrogen (secondary N) is 1. The van der Waals surface area contributed by atoms with E-state index < -0.39 is 18.0 Å². The van der Waals surface area contributed by atoms with Crippen LogP contribution in [0.2, 0.25) is 10.0 Å². The second-order valence-electron chi connectivity index (χ2n) is 4.85. The summed E-state index contributed by atoms with van der Waals surface area (Å²) in [5.74, 6) is -1.28. The van der Waals surface area contributed by atoms with E-state index in [0.717, 1.165) is 0 Å². The summed E-state index contributed by atoms with van der Waals surface area (Å²) in [5.41, 5.74) is 0.800. The number of amides is 1. The lowest BCUT2D eigenvalue weighted by Gasteiger charge is -2.14. The molecule has 0 saturated heterocycles. The number of halogens is 2. The monoisotopic (exact) mass is 362 g/mol. The second kappa shape index (κ2) is 7.82. The van der Waals surface area contributed by atoms with Crippen molar-refractivity contribution in [1.82, 2.24) is 0 Å². The van der Waals surface area contributed by atoms with E-state index in [9.17, 15) is 9.59 Å². The van der Waals surface area contributed by atoms with Gasteiger partial charge in [-0.3, -0.25) is 4.79 Å². The Morgan fingerprint density at radius 3 is 2.42 bits per heavy atom. The number of carbonyl (C=O) groups excluding carboxylic acids is 2. The molecule has 0 aliphatic heterocycles. The third-order valence-electron chi connectivity index (χ3n) is 3.06. The third-order valence-corrected chi connectivity index (χ3v) is 3.49.